The predicted molar refractivity (Wildman–Crippen MR) is 48.7 cm³/mol. The van der Waals surface area contributed by atoms with Crippen LogP contribution in [0.4, 0.5) is 0 Å². The average Bonchev–Trinajstić information content (AvgIpc) is 1.99. The van der Waals surface area contributed by atoms with E-state index in [0.29, 0.717) is 14.7 Å². The van der Waals surface area contributed by atoms with Crippen molar-refractivity contribution in [2.24, 2.45) is 0 Å². The fraction of sp³-hybridized carbons (Fsp3) is 0.167. The molecule has 0 aliphatic heterocycles. The standard InChI is InChI=1S/C6H4Br2N2O/c7-4-1-3(10-9)2-5(8)6(4)11/h1-2,6,11H. The van der Waals surface area contributed by atoms with Gasteiger partial charge < -0.3 is 10.6 Å². The van der Waals surface area contributed by atoms with Gasteiger partial charge in [-0.15, -0.1) is 0 Å². The van der Waals surface area contributed by atoms with Crippen LogP contribution in [0, 0.1) is 0 Å². The summed E-state index contributed by atoms with van der Waals surface area (Å²) < 4.78 is 1.14. The van der Waals surface area contributed by atoms with Crippen molar-refractivity contribution in [2.45, 2.75) is 6.10 Å². The van der Waals surface area contributed by atoms with Gasteiger partial charge in [0, 0.05) is 21.1 Å². The number of nitrogens with zero attached hydrogens (tertiary/aromatic N) is 2. The van der Waals surface area contributed by atoms with Crippen LogP contribution in [0.25, 0.3) is 5.53 Å². The van der Waals surface area contributed by atoms with Crippen molar-refractivity contribution in [1.29, 1.82) is 0 Å². The molecule has 0 radical (unpaired) electrons. The Morgan fingerprint density at radius 1 is 1.36 bits per heavy atom. The summed E-state index contributed by atoms with van der Waals surface area (Å²) in [6.45, 7) is 0. The van der Waals surface area contributed by atoms with Gasteiger partial charge in [0.1, 0.15) is 6.10 Å². The van der Waals surface area contributed by atoms with E-state index in [2.05, 4.69) is 36.6 Å². The highest BCUT2D eigenvalue weighted by Gasteiger charge is 2.20. The van der Waals surface area contributed by atoms with Crippen LogP contribution in [0.5, 0.6) is 0 Å². The molecule has 0 heterocycles. The number of aliphatic hydroxyl groups is 1. The molecule has 11 heavy (non-hydrogen) atoms. The third kappa shape index (κ3) is 1.87. The SMILES string of the molecule is [N-]=[N+]=C1C=C(Br)C(O)C(Br)=C1. The van der Waals surface area contributed by atoms with E-state index < -0.39 is 6.10 Å². The fourth-order valence-corrected chi connectivity index (χ4v) is 1.94. The van der Waals surface area contributed by atoms with Crippen LogP contribution in [-0.2, 0) is 0 Å². The van der Waals surface area contributed by atoms with Crippen LogP contribution < -0.4 is 0 Å². The molecule has 0 atom stereocenters. The van der Waals surface area contributed by atoms with Crippen molar-refractivity contribution in [2.75, 3.05) is 0 Å². The maximum Gasteiger partial charge on any atom is 0.317 e. The number of hydrogen-bond acceptors (Lipinski definition) is 1. The van der Waals surface area contributed by atoms with Crippen molar-refractivity contribution in [1.82, 2.24) is 0 Å². The topological polar surface area (TPSA) is 56.6 Å². The first-order valence-electron chi connectivity index (χ1n) is 2.79. The second-order valence-electron chi connectivity index (χ2n) is 1.99. The van der Waals surface area contributed by atoms with E-state index in [1.165, 1.54) is 12.2 Å². The summed E-state index contributed by atoms with van der Waals surface area (Å²) >= 11 is 6.25. The third-order valence-electron chi connectivity index (χ3n) is 1.21. The molecule has 0 spiro atoms. The highest BCUT2D eigenvalue weighted by Crippen LogP contribution is 2.25. The van der Waals surface area contributed by atoms with Crippen LogP contribution in [-0.4, -0.2) is 21.7 Å². The van der Waals surface area contributed by atoms with Crippen molar-refractivity contribution in [3.05, 3.63) is 26.6 Å². The van der Waals surface area contributed by atoms with E-state index >= 15 is 0 Å². The number of hydrogen-bond donors (Lipinski definition) is 1. The molecule has 1 N–H and O–H groups in total. The molecule has 0 aromatic heterocycles. The normalized spacial score (nSPS) is 23.9. The zero-order valence-electron chi connectivity index (χ0n) is 5.33. The molecule has 1 aliphatic carbocycles. The molecular formula is C6H4Br2N2O. The van der Waals surface area contributed by atoms with Crippen LogP contribution in [0.3, 0.4) is 0 Å². The average molecular weight is 280 g/mol. The van der Waals surface area contributed by atoms with E-state index in [4.69, 9.17) is 5.53 Å². The molecule has 0 aromatic carbocycles. The Morgan fingerprint density at radius 2 is 1.82 bits per heavy atom. The zero-order valence-corrected chi connectivity index (χ0v) is 8.50. The molecular weight excluding hydrogens is 276 g/mol. The Hall–Kier alpha value is -0.220. The van der Waals surface area contributed by atoms with Gasteiger partial charge in [0.25, 0.3) is 0 Å². The fourth-order valence-electron chi connectivity index (χ4n) is 0.672. The van der Waals surface area contributed by atoms with Crippen LogP contribution >= 0.6 is 31.9 Å². The molecule has 0 bridgehead atoms. The summed E-state index contributed by atoms with van der Waals surface area (Å²) in [5, 5.41) is 9.29. The van der Waals surface area contributed by atoms with Gasteiger partial charge in [-0.1, -0.05) is 31.9 Å². The summed E-state index contributed by atoms with van der Waals surface area (Å²) in [5.41, 5.74) is 8.79. The first-order valence-corrected chi connectivity index (χ1v) is 4.38. The number of aliphatic hydroxyl groups excluding tert-OH is 1. The first kappa shape index (κ1) is 8.87. The molecule has 0 saturated carbocycles. The Kier molecular flexibility index (Phi) is 2.78. The predicted octanol–water partition coefficient (Wildman–Crippen LogP) is 1.59. The lowest BCUT2D eigenvalue weighted by atomic mass is 10.1. The lowest BCUT2D eigenvalue weighted by Crippen LogP contribution is -2.13. The number of halogens is 2. The molecule has 3 nitrogen and oxygen atoms in total. The van der Waals surface area contributed by atoms with Gasteiger partial charge in [-0.25, -0.2) is 0 Å². The molecule has 58 valence electrons. The van der Waals surface area contributed by atoms with Gasteiger partial charge >= 0.3 is 5.71 Å². The lowest BCUT2D eigenvalue weighted by Gasteiger charge is -2.10. The third-order valence-corrected chi connectivity index (χ3v) is 2.53. The highest BCUT2D eigenvalue weighted by molar-refractivity contribution is 9.12. The Labute approximate surface area is 80.3 Å². The van der Waals surface area contributed by atoms with Crippen molar-refractivity contribution < 1.29 is 9.90 Å². The van der Waals surface area contributed by atoms with Crippen LogP contribution in [0.2, 0.25) is 0 Å². The molecule has 0 saturated heterocycles. The van der Waals surface area contributed by atoms with Crippen molar-refractivity contribution in [3.63, 3.8) is 0 Å². The summed E-state index contributed by atoms with van der Waals surface area (Å²) in [7, 11) is 0. The van der Waals surface area contributed by atoms with Gasteiger partial charge in [-0.2, -0.15) is 4.79 Å². The Morgan fingerprint density at radius 3 is 2.18 bits per heavy atom. The molecule has 0 unspecified atom stereocenters. The minimum Gasteiger partial charge on any atom is -0.383 e. The van der Waals surface area contributed by atoms with E-state index in [0.717, 1.165) is 0 Å². The van der Waals surface area contributed by atoms with E-state index in [-0.39, 0.29) is 0 Å². The second-order valence-corrected chi connectivity index (χ2v) is 3.82. The quantitative estimate of drug-likeness (QED) is 0.531. The Balaban J connectivity index is 3.07. The van der Waals surface area contributed by atoms with Gasteiger partial charge in [0.2, 0.25) is 0 Å². The van der Waals surface area contributed by atoms with Gasteiger partial charge in [-0.05, 0) is 0 Å². The van der Waals surface area contributed by atoms with Gasteiger partial charge in [0.05, 0.1) is 0 Å². The summed E-state index contributed by atoms with van der Waals surface area (Å²) in [6, 6.07) is 0. The maximum absolute atomic E-state index is 9.29. The first-order chi connectivity index (χ1) is 5.15. The molecule has 0 amide bonds. The smallest absolute Gasteiger partial charge is 0.317 e. The zero-order chi connectivity index (χ0) is 8.43. The summed E-state index contributed by atoms with van der Waals surface area (Å²) in [5.74, 6) is 0. The van der Waals surface area contributed by atoms with Crippen molar-refractivity contribution >= 4 is 37.6 Å². The van der Waals surface area contributed by atoms with Crippen molar-refractivity contribution in [3.8, 4) is 0 Å². The molecule has 1 rings (SSSR count). The summed E-state index contributed by atoms with van der Waals surface area (Å²) in [6.07, 6.45) is 2.39. The lowest BCUT2D eigenvalue weighted by molar-refractivity contribution is -0.00187. The molecule has 0 aromatic rings. The largest absolute Gasteiger partial charge is 0.383 e. The monoisotopic (exact) mass is 278 g/mol. The van der Waals surface area contributed by atoms with Gasteiger partial charge in [0.15, 0.2) is 0 Å². The van der Waals surface area contributed by atoms with Crippen LogP contribution in [0.15, 0.2) is 21.1 Å². The Bertz CT molecular complexity index is 267. The minimum absolute atomic E-state index is 0.397. The maximum atomic E-state index is 9.29. The van der Waals surface area contributed by atoms with Crippen LogP contribution in [0.1, 0.15) is 0 Å². The second kappa shape index (κ2) is 3.45. The van der Waals surface area contributed by atoms with E-state index in [1.54, 1.807) is 0 Å². The molecule has 0 fully saturated rings. The number of allylic oxidation sites excluding steroid dienone is 2. The molecule has 1 aliphatic rings. The van der Waals surface area contributed by atoms with E-state index in [1.807, 2.05) is 0 Å². The minimum atomic E-state index is -0.680. The summed E-state index contributed by atoms with van der Waals surface area (Å²) in [4.78, 5) is 2.98. The number of rotatable bonds is 0. The van der Waals surface area contributed by atoms with Gasteiger partial charge in [-0.3, -0.25) is 0 Å². The molecule has 5 heteroatoms. The van der Waals surface area contributed by atoms with E-state index in [9.17, 15) is 5.11 Å². The highest BCUT2D eigenvalue weighted by atomic mass is 79.9.